The topological polar surface area (TPSA) is 69.6 Å². The molecule has 5 heteroatoms. The monoisotopic (exact) mass is 285 g/mol. The molecule has 0 unspecified atom stereocenters. The largest absolute Gasteiger partial charge is 0.399 e. The minimum atomic E-state index is 0.806. The highest BCUT2D eigenvalue weighted by molar-refractivity contribution is 5.61. The number of nitrogens with two attached hydrogens (primary N) is 1. The molecule has 1 saturated carbocycles. The third kappa shape index (κ3) is 3.23. The lowest BCUT2D eigenvalue weighted by Gasteiger charge is -2.21. The van der Waals surface area contributed by atoms with E-state index in [0.717, 1.165) is 35.1 Å². The fourth-order valence-electron chi connectivity index (χ4n) is 3.16. The molecule has 0 aliphatic heterocycles. The number of aryl methyl sites for hydroxylation is 2. The first-order valence-electron chi connectivity index (χ1n) is 7.86. The number of aromatic nitrogens is 4. The van der Waals surface area contributed by atoms with E-state index in [1.807, 2.05) is 23.7 Å². The lowest BCUT2D eigenvalue weighted by atomic mass is 9.87. The van der Waals surface area contributed by atoms with Crippen molar-refractivity contribution in [2.45, 2.75) is 52.0 Å². The molecular weight excluding hydrogens is 262 g/mol. The molecule has 1 aromatic heterocycles. The maximum atomic E-state index is 5.88. The molecule has 1 heterocycles. The average molecular weight is 285 g/mol. The molecule has 1 aliphatic carbocycles. The second-order valence-electron chi connectivity index (χ2n) is 6.09. The van der Waals surface area contributed by atoms with Crippen LogP contribution in [0.4, 0.5) is 5.69 Å². The van der Waals surface area contributed by atoms with Gasteiger partial charge in [0.15, 0.2) is 5.82 Å². The lowest BCUT2D eigenvalue weighted by molar-refractivity contribution is 0.318. The molecule has 1 fully saturated rings. The van der Waals surface area contributed by atoms with Gasteiger partial charge < -0.3 is 5.73 Å². The van der Waals surface area contributed by atoms with Crippen molar-refractivity contribution in [3.63, 3.8) is 0 Å². The van der Waals surface area contributed by atoms with Gasteiger partial charge >= 0.3 is 0 Å². The molecule has 0 saturated heterocycles. The van der Waals surface area contributed by atoms with Crippen molar-refractivity contribution in [2.24, 2.45) is 5.92 Å². The van der Waals surface area contributed by atoms with Crippen molar-refractivity contribution in [1.29, 1.82) is 0 Å². The predicted octanol–water partition coefficient (Wildman–Crippen LogP) is 3.20. The highest BCUT2D eigenvalue weighted by Crippen LogP contribution is 2.27. The molecule has 21 heavy (non-hydrogen) atoms. The number of anilines is 1. The lowest BCUT2D eigenvalue weighted by Crippen LogP contribution is -2.11. The minimum Gasteiger partial charge on any atom is -0.399 e. The number of nitrogens with zero attached hydrogens (tertiary/aromatic N) is 4. The van der Waals surface area contributed by atoms with E-state index in [-0.39, 0.29) is 0 Å². The summed E-state index contributed by atoms with van der Waals surface area (Å²) in [5.41, 5.74) is 8.78. The van der Waals surface area contributed by atoms with Crippen molar-refractivity contribution < 1.29 is 0 Å². The summed E-state index contributed by atoms with van der Waals surface area (Å²) in [5, 5.41) is 12.2. The molecule has 0 bridgehead atoms. The van der Waals surface area contributed by atoms with Crippen LogP contribution in [0.15, 0.2) is 18.2 Å². The number of rotatable bonds is 4. The maximum absolute atomic E-state index is 5.88. The Balaban J connectivity index is 1.72. The van der Waals surface area contributed by atoms with Crippen LogP contribution < -0.4 is 5.73 Å². The molecule has 0 radical (unpaired) electrons. The van der Waals surface area contributed by atoms with Gasteiger partial charge in [0.1, 0.15) is 0 Å². The first-order chi connectivity index (χ1) is 10.2. The zero-order chi connectivity index (χ0) is 14.7. The highest BCUT2D eigenvalue weighted by Gasteiger charge is 2.15. The van der Waals surface area contributed by atoms with E-state index >= 15 is 0 Å². The van der Waals surface area contributed by atoms with Gasteiger partial charge in [-0.2, -0.15) is 0 Å². The minimum absolute atomic E-state index is 0.806. The fourth-order valence-corrected chi connectivity index (χ4v) is 3.16. The van der Waals surface area contributed by atoms with E-state index in [0.29, 0.717) is 0 Å². The third-order valence-electron chi connectivity index (χ3n) is 4.53. The summed E-state index contributed by atoms with van der Waals surface area (Å²) in [7, 11) is 0. The highest BCUT2D eigenvalue weighted by atomic mass is 15.5. The maximum Gasteiger partial charge on any atom is 0.182 e. The first-order valence-corrected chi connectivity index (χ1v) is 7.86. The Hall–Kier alpha value is -1.91. The third-order valence-corrected chi connectivity index (χ3v) is 4.53. The van der Waals surface area contributed by atoms with Crippen LogP contribution in [-0.2, 0) is 6.54 Å². The Morgan fingerprint density at radius 1 is 1.24 bits per heavy atom. The molecule has 5 nitrogen and oxygen atoms in total. The molecule has 0 atom stereocenters. The van der Waals surface area contributed by atoms with Gasteiger partial charge in [0.05, 0.1) is 0 Å². The van der Waals surface area contributed by atoms with Gasteiger partial charge in [-0.1, -0.05) is 32.1 Å². The smallest absolute Gasteiger partial charge is 0.182 e. The Kier molecular flexibility index (Phi) is 4.18. The van der Waals surface area contributed by atoms with Gasteiger partial charge in [-0.25, -0.2) is 4.68 Å². The van der Waals surface area contributed by atoms with Crippen molar-refractivity contribution in [2.75, 3.05) is 5.73 Å². The molecular formula is C16H23N5. The van der Waals surface area contributed by atoms with Gasteiger partial charge in [0.25, 0.3) is 0 Å². The molecule has 2 aromatic rings. The zero-order valence-electron chi connectivity index (χ0n) is 12.6. The molecule has 112 valence electrons. The zero-order valence-corrected chi connectivity index (χ0v) is 12.6. The molecule has 0 amide bonds. The van der Waals surface area contributed by atoms with E-state index in [1.54, 1.807) is 0 Å². The summed E-state index contributed by atoms with van der Waals surface area (Å²) < 4.78 is 1.93. The summed E-state index contributed by atoms with van der Waals surface area (Å²) >= 11 is 0. The van der Waals surface area contributed by atoms with Gasteiger partial charge in [0.2, 0.25) is 0 Å². The van der Waals surface area contributed by atoms with Crippen LogP contribution in [0.25, 0.3) is 11.4 Å². The summed E-state index contributed by atoms with van der Waals surface area (Å²) in [4.78, 5) is 0. The Labute approximate surface area is 125 Å². The Morgan fingerprint density at radius 3 is 2.81 bits per heavy atom. The van der Waals surface area contributed by atoms with Crippen LogP contribution >= 0.6 is 0 Å². The fraction of sp³-hybridized carbons (Fsp3) is 0.562. The van der Waals surface area contributed by atoms with E-state index < -0.39 is 0 Å². The van der Waals surface area contributed by atoms with E-state index in [1.165, 1.54) is 38.5 Å². The van der Waals surface area contributed by atoms with Crippen molar-refractivity contribution >= 4 is 5.69 Å². The van der Waals surface area contributed by atoms with Crippen LogP contribution in [-0.4, -0.2) is 20.2 Å². The summed E-state index contributed by atoms with van der Waals surface area (Å²) in [6.45, 7) is 2.91. The van der Waals surface area contributed by atoms with Crippen LogP contribution in [0.2, 0.25) is 0 Å². The number of benzene rings is 1. The SMILES string of the molecule is Cc1cc(-c2nnnn2CCC2CCCCC2)ccc1N. The Bertz CT molecular complexity index is 598. The van der Waals surface area contributed by atoms with Crippen molar-refractivity contribution in [1.82, 2.24) is 20.2 Å². The normalized spacial score (nSPS) is 16.2. The Morgan fingerprint density at radius 2 is 2.05 bits per heavy atom. The van der Waals surface area contributed by atoms with E-state index in [2.05, 4.69) is 21.6 Å². The second-order valence-corrected chi connectivity index (χ2v) is 6.09. The summed E-state index contributed by atoms with van der Waals surface area (Å²) in [6.07, 6.45) is 8.05. The van der Waals surface area contributed by atoms with Gasteiger partial charge in [0, 0.05) is 17.8 Å². The van der Waals surface area contributed by atoms with Crippen LogP contribution in [0.3, 0.4) is 0 Å². The van der Waals surface area contributed by atoms with Crippen LogP contribution in [0, 0.1) is 12.8 Å². The standard InChI is InChI=1S/C16H23N5/c1-12-11-14(7-8-15(12)17)16-18-19-20-21(16)10-9-13-5-3-2-4-6-13/h7-8,11,13H,2-6,9-10,17H2,1H3. The van der Waals surface area contributed by atoms with Crippen molar-refractivity contribution in [3.8, 4) is 11.4 Å². The molecule has 0 spiro atoms. The van der Waals surface area contributed by atoms with E-state index in [9.17, 15) is 0 Å². The average Bonchev–Trinajstić information content (AvgIpc) is 2.97. The number of tetrazole rings is 1. The predicted molar refractivity (Wildman–Crippen MR) is 83.6 cm³/mol. The second kappa shape index (κ2) is 6.24. The quantitative estimate of drug-likeness (QED) is 0.876. The van der Waals surface area contributed by atoms with Gasteiger partial charge in [-0.15, -0.1) is 5.10 Å². The molecule has 2 N–H and O–H groups in total. The van der Waals surface area contributed by atoms with Gasteiger partial charge in [-0.05, 0) is 53.5 Å². The van der Waals surface area contributed by atoms with Crippen molar-refractivity contribution in [3.05, 3.63) is 23.8 Å². The first kappa shape index (κ1) is 14.0. The number of hydrogen-bond acceptors (Lipinski definition) is 4. The molecule has 1 aromatic carbocycles. The molecule has 1 aliphatic rings. The number of hydrogen-bond donors (Lipinski definition) is 1. The number of nitrogen functional groups attached to an aromatic ring is 1. The van der Waals surface area contributed by atoms with Crippen LogP contribution in [0.5, 0.6) is 0 Å². The summed E-state index contributed by atoms with van der Waals surface area (Å²) in [5.74, 6) is 1.68. The molecule has 3 rings (SSSR count). The van der Waals surface area contributed by atoms with E-state index in [4.69, 9.17) is 5.73 Å². The van der Waals surface area contributed by atoms with Crippen LogP contribution in [0.1, 0.15) is 44.1 Å². The van der Waals surface area contributed by atoms with Gasteiger partial charge in [-0.3, -0.25) is 0 Å². The summed E-state index contributed by atoms with van der Waals surface area (Å²) in [6, 6.07) is 5.97.